The number of esters is 1. The third kappa shape index (κ3) is 5.22. The Morgan fingerprint density at radius 2 is 1.79 bits per heavy atom. The highest BCUT2D eigenvalue weighted by molar-refractivity contribution is 6.00. The summed E-state index contributed by atoms with van der Waals surface area (Å²) in [4.78, 5) is 34.6. The lowest BCUT2D eigenvalue weighted by Gasteiger charge is -2.12. The Kier molecular flexibility index (Phi) is 7.17. The van der Waals surface area contributed by atoms with Crippen LogP contribution in [0, 0.1) is 24.0 Å². The van der Waals surface area contributed by atoms with Gasteiger partial charge in [0.15, 0.2) is 18.1 Å². The number of aromatic nitrogens is 1. The van der Waals surface area contributed by atoms with Crippen LogP contribution in [0.15, 0.2) is 40.8 Å². The highest BCUT2D eigenvalue weighted by Crippen LogP contribution is 2.28. The number of ether oxygens (including phenoxy) is 3. The second-order valence-corrected chi connectivity index (χ2v) is 7.27. The Bertz CT molecular complexity index is 1190. The molecule has 0 atom stereocenters. The predicted octanol–water partition coefficient (Wildman–Crippen LogP) is 3.91. The van der Waals surface area contributed by atoms with Gasteiger partial charge in [-0.3, -0.25) is 14.9 Å². The van der Waals surface area contributed by atoms with Gasteiger partial charge < -0.3 is 23.2 Å². The molecule has 0 amide bonds. The van der Waals surface area contributed by atoms with E-state index in [-0.39, 0.29) is 11.5 Å². The van der Waals surface area contributed by atoms with Crippen LogP contribution < -0.4 is 9.47 Å². The maximum absolute atomic E-state index is 12.6. The first-order valence-electron chi connectivity index (χ1n) is 10.1. The molecule has 0 aliphatic carbocycles. The van der Waals surface area contributed by atoms with Crippen molar-refractivity contribution < 1.29 is 33.1 Å². The van der Waals surface area contributed by atoms with Gasteiger partial charge in [0.05, 0.1) is 20.3 Å². The normalized spacial score (nSPS) is 10.7. The van der Waals surface area contributed by atoms with Crippen LogP contribution in [-0.4, -0.2) is 42.1 Å². The van der Waals surface area contributed by atoms with Gasteiger partial charge in [-0.25, -0.2) is 4.79 Å². The van der Waals surface area contributed by atoms with Crippen LogP contribution in [-0.2, 0) is 17.7 Å². The molecular weight excluding hydrogens is 432 g/mol. The summed E-state index contributed by atoms with van der Waals surface area (Å²) in [5.41, 5.74) is 3.14. The highest BCUT2D eigenvalue weighted by atomic mass is 16.7. The van der Waals surface area contributed by atoms with Crippen molar-refractivity contribution in [1.82, 2.24) is 4.57 Å². The van der Waals surface area contributed by atoms with Gasteiger partial charge in [0.25, 0.3) is 0 Å². The molecule has 0 spiro atoms. The van der Waals surface area contributed by atoms with Gasteiger partial charge in [-0.15, -0.1) is 0 Å². The van der Waals surface area contributed by atoms with Gasteiger partial charge in [0.2, 0.25) is 11.5 Å². The molecule has 0 saturated heterocycles. The number of carbonyl (C=O) groups excluding carboxylic acids is 2. The van der Waals surface area contributed by atoms with Crippen molar-refractivity contribution in [3.63, 3.8) is 0 Å². The SMILES string of the molecule is COc1ccc(CCn2c(C)cc(C(=O)COC(=O)c3ccc([N+](=O)[O-])o3)c2C)cc1OC. The minimum absolute atomic E-state index is 0.338. The number of carbonyl (C=O) groups is 2. The predicted molar refractivity (Wildman–Crippen MR) is 117 cm³/mol. The number of aryl methyl sites for hydroxylation is 2. The van der Waals surface area contributed by atoms with E-state index in [9.17, 15) is 19.7 Å². The second-order valence-electron chi connectivity index (χ2n) is 7.27. The fraction of sp³-hybridized carbons (Fsp3) is 0.304. The van der Waals surface area contributed by atoms with Crippen molar-refractivity contribution in [3.8, 4) is 11.5 Å². The summed E-state index contributed by atoms with van der Waals surface area (Å²) in [5.74, 6) is -0.938. The third-order valence-electron chi connectivity index (χ3n) is 5.25. The summed E-state index contributed by atoms with van der Waals surface area (Å²) in [7, 11) is 3.16. The quantitative estimate of drug-likeness (QED) is 0.195. The highest BCUT2D eigenvalue weighted by Gasteiger charge is 2.21. The molecule has 0 unspecified atom stereocenters. The van der Waals surface area contributed by atoms with Gasteiger partial charge in [-0.1, -0.05) is 6.07 Å². The topological polar surface area (TPSA) is 123 Å². The van der Waals surface area contributed by atoms with Crippen molar-refractivity contribution in [3.05, 3.63) is 74.8 Å². The van der Waals surface area contributed by atoms with Gasteiger partial charge in [0, 0.05) is 23.5 Å². The van der Waals surface area contributed by atoms with Crippen molar-refractivity contribution in [2.75, 3.05) is 20.8 Å². The van der Waals surface area contributed by atoms with E-state index in [1.165, 1.54) is 0 Å². The van der Waals surface area contributed by atoms with Crippen LogP contribution in [0.1, 0.15) is 37.9 Å². The summed E-state index contributed by atoms with van der Waals surface area (Å²) in [6.07, 6.45) is 0.705. The molecule has 0 fully saturated rings. The van der Waals surface area contributed by atoms with Crippen LogP contribution in [0.2, 0.25) is 0 Å². The van der Waals surface area contributed by atoms with Crippen molar-refractivity contribution in [2.24, 2.45) is 0 Å². The lowest BCUT2D eigenvalue weighted by atomic mass is 10.1. The number of hydrogen-bond acceptors (Lipinski definition) is 8. The number of benzene rings is 1. The molecule has 174 valence electrons. The van der Waals surface area contributed by atoms with E-state index < -0.39 is 23.4 Å². The fourth-order valence-electron chi connectivity index (χ4n) is 3.52. The molecule has 0 N–H and O–H groups in total. The fourth-order valence-corrected chi connectivity index (χ4v) is 3.52. The number of nitro groups is 1. The summed E-state index contributed by atoms with van der Waals surface area (Å²) in [6.45, 7) is 3.85. The summed E-state index contributed by atoms with van der Waals surface area (Å²) >= 11 is 0. The van der Waals surface area contributed by atoms with E-state index in [0.717, 1.165) is 29.1 Å². The zero-order valence-electron chi connectivity index (χ0n) is 18.7. The molecule has 3 aromatic rings. The van der Waals surface area contributed by atoms with Crippen LogP contribution in [0.5, 0.6) is 11.5 Å². The molecular formula is C23H24N2O8. The number of methoxy groups -OCH3 is 2. The Balaban J connectivity index is 1.65. The first-order chi connectivity index (χ1) is 15.7. The molecule has 0 bridgehead atoms. The van der Waals surface area contributed by atoms with Crippen molar-refractivity contribution >= 4 is 17.6 Å². The number of hydrogen-bond donors (Lipinski definition) is 0. The average molecular weight is 456 g/mol. The van der Waals surface area contributed by atoms with Crippen LogP contribution in [0.3, 0.4) is 0 Å². The lowest BCUT2D eigenvalue weighted by Crippen LogP contribution is -2.15. The molecule has 2 heterocycles. The maximum atomic E-state index is 12.6. The van der Waals surface area contributed by atoms with E-state index in [1.807, 2.05) is 36.6 Å². The number of Topliss-reactive ketones (excluding diaryl/α,β-unsaturated/α-hetero) is 1. The number of ketones is 1. The molecule has 0 aliphatic heterocycles. The van der Waals surface area contributed by atoms with Crippen LogP contribution >= 0.6 is 0 Å². The summed E-state index contributed by atoms with van der Waals surface area (Å²) < 4.78 is 22.4. The summed E-state index contributed by atoms with van der Waals surface area (Å²) in [6, 6.07) is 9.64. The average Bonchev–Trinajstić information content (AvgIpc) is 3.41. The molecule has 0 aliphatic rings. The first-order valence-corrected chi connectivity index (χ1v) is 10.1. The molecule has 3 rings (SSSR count). The lowest BCUT2D eigenvalue weighted by molar-refractivity contribution is -0.402. The first kappa shape index (κ1) is 23.6. The molecule has 10 nitrogen and oxygen atoms in total. The van der Waals surface area contributed by atoms with Gasteiger partial charge >= 0.3 is 11.9 Å². The monoisotopic (exact) mass is 456 g/mol. The molecule has 10 heteroatoms. The molecule has 2 aromatic heterocycles. The number of furan rings is 1. The largest absolute Gasteiger partial charge is 0.493 e. The summed E-state index contributed by atoms with van der Waals surface area (Å²) in [5, 5.41) is 10.7. The molecule has 0 radical (unpaired) electrons. The van der Waals surface area contributed by atoms with Crippen LogP contribution in [0.4, 0.5) is 5.88 Å². The Hall–Kier alpha value is -4.08. The number of rotatable bonds is 10. The maximum Gasteiger partial charge on any atom is 0.433 e. The van der Waals surface area contributed by atoms with Crippen molar-refractivity contribution in [2.45, 2.75) is 26.8 Å². The Morgan fingerprint density at radius 3 is 2.42 bits per heavy atom. The second kappa shape index (κ2) is 10.0. The number of nitrogens with zero attached hydrogens (tertiary/aromatic N) is 2. The molecule has 33 heavy (non-hydrogen) atoms. The van der Waals surface area contributed by atoms with E-state index in [1.54, 1.807) is 20.3 Å². The van der Waals surface area contributed by atoms with Gasteiger partial charge in [0.1, 0.15) is 4.92 Å². The van der Waals surface area contributed by atoms with Crippen molar-refractivity contribution in [1.29, 1.82) is 0 Å². The minimum Gasteiger partial charge on any atom is -0.493 e. The zero-order valence-corrected chi connectivity index (χ0v) is 18.7. The van der Waals surface area contributed by atoms with E-state index in [4.69, 9.17) is 18.6 Å². The zero-order chi connectivity index (χ0) is 24.1. The van der Waals surface area contributed by atoms with E-state index in [0.29, 0.717) is 30.0 Å². The molecule has 1 aromatic carbocycles. The minimum atomic E-state index is -0.946. The van der Waals surface area contributed by atoms with Gasteiger partial charge in [-0.05, 0) is 50.1 Å². The van der Waals surface area contributed by atoms with E-state index >= 15 is 0 Å². The van der Waals surface area contributed by atoms with E-state index in [2.05, 4.69) is 0 Å². The van der Waals surface area contributed by atoms with Crippen LogP contribution in [0.25, 0.3) is 0 Å². The standard InChI is InChI=1S/C23H24N2O8/c1-14-11-17(18(26)13-32-23(27)20-7-8-22(33-20)25(28)29)15(2)24(14)10-9-16-5-6-19(30-3)21(12-16)31-4/h5-8,11-12H,9-10,13H2,1-4H3. The van der Waals surface area contributed by atoms with Gasteiger partial charge in [-0.2, -0.15) is 0 Å². The smallest absolute Gasteiger partial charge is 0.433 e. The molecule has 0 saturated carbocycles. The Labute approximate surface area is 189 Å². The Morgan fingerprint density at radius 1 is 1.06 bits per heavy atom. The third-order valence-corrected chi connectivity index (χ3v) is 5.25.